The number of anilines is 3. The number of carbonyl (C=O) groups excluding carboxylic acids is 3. The SMILES string of the molecule is Cn1nc(NC(=O)C2CC(=O)N(c3ccc(F)cc3)C2)c2c1NC(=O)CC2c1ccco1. The van der Waals surface area contributed by atoms with Crippen molar-refractivity contribution in [3.05, 3.63) is 59.8 Å². The number of nitrogens with one attached hydrogen (secondary N) is 2. The van der Waals surface area contributed by atoms with Crippen molar-refractivity contribution in [1.82, 2.24) is 9.78 Å². The Morgan fingerprint density at radius 1 is 1.22 bits per heavy atom. The molecule has 3 amide bonds. The fourth-order valence-electron chi connectivity index (χ4n) is 4.29. The van der Waals surface area contributed by atoms with Crippen molar-refractivity contribution in [3.8, 4) is 0 Å². The number of furan rings is 1. The van der Waals surface area contributed by atoms with Crippen molar-refractivity contribution in [2.24, 2.45) is 13.0 Å². The van der Waals surface area contributed by atoms with Crippen LogP contribution in [0.25, 0.3) is 0 Å². The van der Waals surface area contributed by atoms with Crippen molar-refractivity contribution >= 4 is 35.0 Å². The molecule has 32 heavy (non-hydrogen) atoms. The number of nitrogens with zero attached hydrogens (tertiary/aromatic N) is 3. The quantitative estimate of drug-likeness (QED) is 0.652. The zero-order chi connectivity index (χ0) is 22.4. The fourth-order valence-corrected chi connectivity index (χ4v) is 4.29. The van der Waals surface area contributed by atoms with Crippen LogP contribution in [0.4, 0.5) is 21.7 Å². The average molecular weight is 437 g/mol. The number of aromatic nitrogens is 2. The second kappa shape index (κ2) is 7.63. The van der Waals surface area contributed by atoms with E-state index in [-0.39, 0.29) is 37.1 Å². The van der Waals surface area contributed by atoms with E-state index >= 15 is 0 Å². The van der Waals surface area contributed by atoms with Gasteiger partial charge < -0.3 is 20.0 Å². The van der Waals surface area contributed by atoms with Crippen LogP contribution in [0.3, 0.4) is 0 Å². The molecule has 0 radical (unpaired) electrons. The van der Waals surface area contributed by atoms with Gasteiger partial charge in [0.2, 0.25) is 17.7 Å². The standard InChI is InChI=1S/C22H20FN5O4/c1-27-21-19(15(10-17(29)24-21)16-3-2-8-32-16)20(26-27)25-22(31)12-9-18(30)28(11-12)14-6-4-13(23)5-7-14/h2-8,12,15H,9-11H2,1H3,(H,24,29)(H,25,26,31). The maximum absolute atomic E-state index is 13.2. The van der Waals surface area contributed by atoms with Gasteiger partial charge in [-0.05, 0) is 36.4 Å². The topological polar surface area (TPSA) is 109 Å². The van der Waals surface area contributed by atoms with E-state index in [1.165, 1.54) is 40.1 Å². The number of halogens is 1. The first-order chi connectivity index (χ1) is 15.4. The Kier molecular flexibility index (Phi) is 4.76. The van der Waals surface area contributed by atoms with Crippen LogP contribution >= 0.6 is 0 Å². The second-order valence-corrected chi connectivity index (χ2v) is 7.93. The highest BCUT2D eigenvalue weighted by molar-refractivity contribution is 6.04. The van der Waals surface area contributed by atoms with Gasteiger partial charge in [0.25, 0.3) is 0 Å². The summed E-state index contributed by atoms with van der Waals surface area (Å²) in [5, 5.41) is 10.0. The van der Waals surface area contributed by atoms with Gasteiger partial charge in [0.05, 0.1) is 23.7 Å². The Morgan fingerprint density at radius 2 is 2.00 bits per heavy atom. The normalized spacial score (nSPS) is 20.2. The Bertz CT molecular complexity index is 1200. The first-order valence-electron chi connectivity index (χ1n) is 10.2. The smallest absolute Gasteiger partial charge is 0.231 e. The lowest BCUT2D eigenvalue weighted by molar-refractivity contribution is -0.122. The third-order valence-electron chi connectivity index (χ3n) is 5.84. The van der Waals surface area contributed by atoms with Crippen LogP contribution in [-0.2, 0) is 21.4 Å². The summed E-state index contributed by atoms with van der Waals surface area (Å²) in [5.41, 5.74) is 1.21. The number of rotatable bonds is 4. The number of hydrogen-bond donors (Lipinski definition) is 2. The number of carbonyl (C=O) groups is 3. The van der Waals surface area contributed by atoms with Gasteiger partial charge in [-0.15, -0.1) is 0 Å². The van der Waals surface area contributed by atoms with E-state index < -0.39 is 17.7 Å². The van der Waals surface area contributed by atoms with Crippen LogP contribution in [0, 0.1) is 11.7 Å². The molecule has 0 aliphatic carbocycles. The maximum atomic E-state index is 13.2. The van der Waals surface area contributed by atoms with Crippen molar-refractivity contribution in [2.75, 3.05) is 22.1 Å². The van der Waals surface area contributed by atoms with Gasteiger partial charge in [0, 0.05) is 32.1 Å². The van der Waals surface area contributed by atoms with Gasteiger partial charge in [0.15, 0.2) is 5.82 Å². The summed E-state index contributed by atoms with van der Waals surface area (Å²) >= 11 is 0. The Balaban J connectivity index is 1.39. The zero-order valence-electron chi connectivity index (χ0n) is 17.2. The van der Waals surface area contributed by atoms with Crippen LogP contribution < -0.4 is 15.5 Å². The van der Waals surface area contributed by atoms with E-state index in [1.807, 2.05) is 0 Å². The first-order valence-corrected chi connectivity index (χ1v) is 10.2. The summed E-state index contributed by atoms with van der Waals surface area (Å²) in [6.07, 6.45) is 1.73. The molecule has 2 aliphatic rings. The van der Waals surface area contributed by atoms with E-state index in [0.717, 1.165) is 0 Å². The minimum atomic E-state index is -0.592. The highest BCUT2D eigenvalue weighted by Gasteiger charge is 2.38. The summed E-state index contributed by atoms with van der Waals surface area (Å²) < 4.78 is 20.2. The number of fused-ring (bicyclic) bond motifs is 1. The lowest BCUT2D eigenvalue weighted by atomic mass is 9.91. The lowest BCUT2D eigenvalue weighted by Gasteiger charge is -2.22. The molecule has 3 aromatic rings. The molecule has 0 bridgehead atoms. The van der Waals surface area contributed by atoms with E-state index in [0.29, 0.717) is 28.6 Å². The molecule has 2 atom stereocenters. The van der Waals surface area contributed by atoms with Crippen molar-refractivity contribution in [2.45, 2.75) is 18.8 Å². The summed E-state index contributed by atoms with van der Waals surface area (Å²) in [6, 6.07) is 9.10. The molecule has 10 heteroatoms. The summed E-state index contributed by atoms with van der Waals surface area (Å²) in [7, 11) is 1.68. The molecule has 2 N–H and O–H groups in total. The molecule has 0 spiro atoms. The highest BCUT2D eigenvalue weighted by atomic mass is 19.1. The summed E-state index contributed by atoms with van der Waals surface area (Å²) in [6.45, 7) is 0.184. The Hall–Kier alpha value is -3.95. The molecular formula is C22H20FN5O4. The first kappa shape index (κ1) is 20.0. The van der Waals surface area contributed by atoms with Gasteiger partial charge in [-0.2, -0.15) is 5.10 Å². The number of benzene rings is 1. The van der Waals surface area contributed by atoms with E-state index in [2.05, 4.69) is 15.7 Å². The molecule has 1 aromatic carbocycles. The van der Waals surface area contributed by atoms with Gasteiger partial charge >= 0.3 is 0 Å². The number of amides is 3. The van der Waals surface area contributed by atoms with Crippen LogP contribution in [0.5, 0.6) is 0 Å². The molecule has 2 aliphatic heterocycles. The molecule has 9 nitrogen and oxygen atoms in total. The monoisotopic (exact) mass is 437 g/mol. The third-order valence-corrected chi connectivity index (χ3v) is 5.84. The summed E-state index contributed by atoms with van der Waals surface area (Å²) in [5.74, 6) is -0.689. The molecule has 164 valence electrons. The largest absolute Gasteiger partial charge is 0.469 e. The molecule has 5 rings (SSSR count). The number of aryl methyl sites for hydroxylation is 1. The molecular weight excluding hydrogens is 417 g/mol. The van der Waals surface area contributed by atoms with E-state index in [9.17, 15) is 18.8 Å². The van der Waals surface area contributed by atoms with Gasteiger partial charge in [0.1, 0.15) is 17.4 Å². The molecule has 0 saturated carbocycles. The predicted octanol–water partition coefficient (Wildman–Crippen LogP) is 2.62. The van der Waals surface area contributed by atoms with Crippen LogP contribution in [0.1, 0.15) is 30.1 Å². The van der Waals surface area contributed by atoms with Crippen LogP contribution in [0.15, 0.2) is 47.1 Å². The minimum Gasteiger partial charge on any atom is -0.469 e. The van der Waals surface area contributed by atoms with Crippen molar-refractivity contribution in [1.29, 1.82) is 0 Å². The lowest BCUT2D eigenvalue weighted by Crippen LogP contribution is -2.29. The second-order valence-electron chi connectivity index (χ2n) is 7.93. The molecule has 1 fully saturated rings. The zero-order valence-corrected chi connectivity index (χ0v) is 17.2. The molecule has 2 aromatic heterocycles. The van der Waals surface area contributed by atoms with Crippen LogP contribution in [-0.4, -0.2) is 34.0 Å². The van der Waals surface area contributed by atoms with Crippen molar-refractivity contribution < 1.29 is 23.2 Å². The Labute approximate surface area is 182 Å². The maximum Gasteiger partial charge on any atom is 0.231 e. The predicted molar refractivity (Wildman–Crippen MR) is 112 cm³/mol. The third kappa shape index (κ3) is 3.43. The average Bonchev–Trinajstić information content (AvgIpc) is 3.49. The summed E-state index contributed by atoms with van der Waals surface area (Å²) in [4.78, 5) is 39.2. The Morgan fingerprint density at radius 3 is 2.72 bits per heavy atom. The molecule has 4 heterocycles. The van der Waals surface area contributed by atoms with E-state index in [4.69, 9.17) is 4.42 Å². The molecule has 2 unspecified atom stereocenters. The van der Waals surface area contributed by atoms with Crippen molar-refractivity contribution in [3.63, 3.8) is 0 Å². The molecule has 1 saturated heterocycles. The van der Waals surface area contributed by atoms with Gasteiger partial charge in [-0.1, -0.05) is 0 Å². The number of hydrogen-bond acceptors (Lipinski definition) is 5. The minimum absolute atomic E-state index is 0.0383. The van der Waals surface area contributed by atoms with Crippen LogP contribution in [0.2, 0.25) is 0 Å². The van der Waals surface area contributed by atoms with E-state index in [1.54, 1.807) is 19.2 Å². The highest BCUT2D eigenvalue weighted by Crippen LogP contribution is 2.41. The van der Waals surface area contributed by atoms with Gasteiger partial charge in [-0.3, -0.25) is 19.1 Å². The van der Waals surface area contributed by atoms with Gasteiger partial charge in [-0.25, -0.2) is 4.39 Å². The fraction of sp³-hybridized carbons (Fsp3) is 0.273.